The van der Waals surface area contributed by atoms with Crippen LogP contribution in [-0.2, 0) is 38.1 Å². The highest BCUT2D eigenvalue weighted by Crippen LogP contribution is 2.71. The highest BCUT2D eigenvalue weighted by Gasteiger charge is 2.74. The number of cyclic esters (lactones) is 1. The van der Waals surface area contributed by atoms with E-state index in [4.69, 9.17) is 23.4 Å². The zero-order valence-corrected chi connectivity index (χ0v) is 22.8. The summed E-state index contributed by atoms with van der Waals surface area (Å²) in [5, 5.41) is 0. The molecule has 2 saturated carbocycles. The summed E-state index contributed by atoms with van der Waals surface area (Å²) in [7, 11) is 1.23. The molecule has 2 saturated heterocycles. The number of carbonyl (C=O) groups excluding carboxylic acids is 4. The van der Waals surface area contributed by atoms with Gasteiger partial charge < -0.3 is 23.4 Å². The van der Waals surface area contributed by atoms with Gasteiger partial charge in [-0.05, 0) is 30.4 Å². The van der Waals surface area contributed by atoms with Crippen molar-refractivity contribution in [2.24, 2.45) is 28.1 Å². The zero-order chi connectivity index (χ0) is 27.8. The van der Waals surface area contributed by atoms with Crippen LogP contribution in [0, 0.1) is 28.1 Å². The second-order valence-corrected chi connectivity index (χ2v) is 12.3. The lowest BCUT2D eigenvalue weighted by Gasteiger charge is -2.70. The molecule has 2 aliphatic heterocycles. The molecule has 2 bridgehead atoms. The standard InChI is InChI=1S/C29H36O9/c1-15-18-8-10-27(5)24(17-9-11-35-14-17)37-21(32)13-29(15,27)38-20-12-19(31)26(3,4)23(28(18,20)6)22(25(33)34-7)36-16(2)30/h9,11,14,18,20,22-24H,1,8,10,12-13H2,2-7H3/t18-,20-,22-,23-,24-,27-,28-,29-/m0/s1. The Bertz CT molecular complexity index is 1200. The van der Waals surface area contributed by atoms with Crippen LogP contribution in [0.1, 0.15) is 72.0 Å². The van der Waals surface area contributed by atoms with E-state index in [9.17, 15) is 19.2 Å². The third kappa shape index (κ3) is 3.33. The van der Waals surface area contributed by atoms with Gasteiger partial charge in [-0.25, -0.2) is 4.79 Å². The van der Waals surface area contributed by atoms with E-state index in [1.165, 1.54) is 14.0 Å². The fraction of sp³-hybridized carbons (Fsp3) is 0.655. The van der Waals surface area contributed by atoms with E-state index in [2.05, 4.69) is 6.58 Å². The number of hydrogen-bond acceptors (Lipinski definition) is 9. The normalized spacial score (nSPS) is 40.3. The summed E-state index contributed by atoms with van der Waals surface area (Å²) >= 11 is 0. The molecule has 0 N–H and O–H groups in total. The van der Waals surface area contributed by atoms with Crippen molar-refractivity contribution >= 4 is 23.7 Å². The van der Waals surface area contributed by atoms with Crippen LogP contribution < -0.4 is 0 Å². The number of fused-ring (bicyclic) bond motifs is 3. The molecule has 0 aromatic carbocycles. The van der Waals surface area contributed by atoms with Gasteiger partial charge in [0.2, 0.25) is 6.10 Å². The van der Waals surface area contributed by atoms with Crippen molar-refractivity contribution in [3.05, 3.63) is 36.3 Å². The van der Waals surface area contributed by atoms with E-state index in [1.807, 2.05) is 13.8 Å². The van der Waals surface area contributed by atoms with Gasteiger partial charge in [0.1, 0.15) is 17.5 Å². The Balaban J connectivity index is 1.66. The van der Waals surface area contributed by atoms with Gasteiger partial charge in [0.25, 0.3) is 0 Å². The second-order valence-electron chi connectivity index (χ2n) is 12.3. The van der Waals surface area contributed by atoms with Crippen LogP contribution in [-0.4, -0.2) is 48.6 Å². The minimum Gasteiger partial charge on any atom is -0.472 e. The smallest absolute Gasteiger partial charge is 0.347 e. The summed E-state index contributed by atoms with van der Waals surface area (Å²) in [6.45, 7) is 13.4. The minimum atomic E-state index is -1.31. The van der Waals surface area contributed by atoms with Gasteiger partial charge in [0.05, 0.1) is 32.2 Å². The molecule has 4 aliphatic rings. The highest BCUT2D eigenvalue weighted by atomic mass is 16.6. The van der Waals surface area contributed by atoms with Crippen molar-refractivity contribution in [2.75, 3.05) is 7.11 Å². The molecule has 5 rings (SSSR count). The second kappa shape index (κ2) is 8.53. The van der Waals surface area contributed by atoms with E-state index >= 15 is 0 Å². The van der Waals surface area contributed by atoms with Crippen LogP contribution >= 0.6 is 0 Å². The number of ether oxygens (including phenoxy) is 4. The first-order valence-electron chi connectivity index (χ1n) is 13.1. The number of ketones is 1. The summed E-state index contributed by atoms with van der Waals surface area (Å²) in [4.78, 5) is 52.0. The first kappa shape index (κ1) is 26.7. The van der Waals surface area contributed by atoms with E-state index in [0.717, 1.165) is 11.1 Å². The topological polar surface area (TPSA) is 118 Å². The lowest BCUT2D eigenvalue weighted by Crippen LogP contribution is -2.74. The van der Waals surface area contributed by atoms with Crippen molar-refractivity contribution in [1.29, 1.82) is 0 Å². The number of methoxy groups -OCH3 is 1. The van der Waals surface area contributed by atoms with E-state index in [-0.39, 0.29) is 24.5 Å². The molecule has 1 aromatic heterocycles. The summed E-state index contributed by atoms with van der Waals surface area (Å²) in [5.41, 5.74) is -2.10. The average molecular weight is 529 g/mol. The van der Waals surface area contributed by atoms with E-state index in [0.29, 0.717) is 12.8 Å². The fourth-order valence-corrected chi connectivity index (χ4v) is 8.34. The molecule has 206 valence electrons. The Kier molecular flexibility index (Phi) is 5.98. The Morgan fingerprint density at radius 1 is 1.18 bits per heavy atom. The predicted octanol–water partition coefficient (Wildman–Crippen LogP) is 4.10. The molecule has 9 heteroatoms. The monoisotopic (exact) mass is 528 g/mol. The van der Waals surface area contributed by atoms with Gasteiger partial charge in [-0.3, -0.25) is 14.4 Å². The van der Waals surface area contributed by atoms with Crippen molar-refractivity contribution in [3.63, 3.8) is 0 Å². The van der Waals surface area contributed by atoms with E-state index < -0.39 is 64.0 Å². The van der Waals surface area contributed by atoms with Crippen molar-refractivity contribution in [2.45, 2.75) is 84.2 Å². The first-order valence-corrected chi connectivity index (χ1v) is 13.1. The molecule has 0 unspecified atom stereocenters. The van der Waals surface area contributed by atoms with Gasteiger partial charge >= 0.3 is 17.9 Å². The highest BCUT2D eigenvalue weighted by molar-refractivity contribution is 5.89. The number of esters is 3. The van der Waals surface area contributed by atoms with Gasteiger partial charge in [-0.1, -0.05) is 34.3 Å². The molecular formula is C29H36O9. The van der Waals surface area contributed by atoms with Gasteiger partial charge in [-0.2, -0.15) is 0 Å². The fourth-order valence-electron chi connectivity index (χ4n) is 8.34. The average Bonchev–Trinajstić information content (AvgIpc) is 3.36. The molecule has 1 spiro atoms. The van der Waals surface area contributed by atoms with Crippen LogP contribution in [0.4, 0.5) is 0 Å². The quantitative estimate of drug-likeness (QED) is 0.323. The molecular weight excluding hydrogens is 492 g/mol. The Morgan fingerprint density at radius 2 is 1.89 bits per heavy atom. The molecule has 0 radical (unpaired) electrons. The van der Waals surface area contributed by atoms with Crippen LogP contribution in [0.25, 0.3) is 0 Å². The number of hydrogen-bond donors (Lipinski definition) is 0. The van der Waals surface area contributed by atoms with Gasteiger partial charge in [0.15, 0.2) is 0 Å². The number of Topliss-reactive ketones (excluding diaryl/α,β-unsaturated/α-hetero) is 1. The molecule has 3 heterocycles. The van der Waals surface area contributed by atoms with Crippen LogP contribution in [0.5, 0.6) is 0 Å². The van der Waals surface area contributed by atoms with Crippen LogP contribution in [0.3, 0.4) is 0 Å². The molecule has 4 fully saturated rings. The van der Waals surface area contributed by atoms with Gasteiger partial charge in [-0.15, -0.1) is 0 Å². The van der Waals surface area contributed by atoms with Crippen LogP contribution in [0.15, 0.2) is 35.2 Å². The van der Waals surface area contributed by atoms with E-state index in [1.54, 1.807) is 32.4 Å². The summed E-state index contributed by atoms with van der Waals surface area (Å²) in [6, 6.07) is 1.78. The Labute approximate surface area is 222 Å². The maximum atomic E-state index is 13.7. The SMILES string of the molecule is C=C1[C@@H]2CC[C@@]3(C)[C@H](c4ccoc4)OC(=O)C[C@]13O[C@H]1CC(=O)C(C)(C)[C@H]([C@H](OC(C)=O)C(=O)OC)[C@]12C. The maximum Gasteiger partial charge on any atom is 0.347 e. The van der Waals surface area contributed by atoms with Crippen molar-refractivity contribution < 1.29 is 42.5 Å². The van der Waals surface area contributed by atoms with Crippen molar-refractivity contribution in [3.8, 4) is 0 Å². The number of furan rings is 1. The molecule has 8 atom stereocenters. The predicted molar refractivity (Wildman–Crippen MR) is 132 cm³/mol. The summed E-state index contributed by atoms with van der Waals surface area (Å²) in [5.74, 6) is -2.85. The zero-order valence-electron chi connectivity index (χ0n) is 22.8. The molecule has 9 nitrogen and oxygen atoms in total. The number of carbonyl (C=O) groups is 4. The lowest BCUT2D eigenvalue weighted by atomic mass is 9.41. The maximum absolute atomic E-state index is 13.7. The van der Waals surface area contributed by atoms with Crippen molar-refractivity contribution in [1.82, 2.24) is 0 Å². The summed E-state index contributed by atoms with van der Waals surface area (Å²) < 4.78 is 28.8. The molecule has 0 amide bonds. The Hall–Kier alpha value is -2.94. The molecule has 2 aliphatic carbocycles. The largest absolute Gasteiger partial charge is 0.472 e. The molecule has 38 heavy (non-hydrogen) atoms. The Morgan fingerprint density at radius 3 is 2.50 bits per heavy atom. The minimum absolute atomic E-state index is 0.0214. The molecule has 1 aromatic rings. The van der Waals surface area contributed by atoms with Crippen LogP contribution in [0.2, 0.25) is 0 Å². The third-order valence-electron chi connectivity index (χ3n) is 10.2. The summed E-state index contributed by atoms with van der Waals surface area (Å²) in [6.07, 6.45) is 1.93. The first-order chi connectivity index (χ1) is 17.7. The number of rotatable bonds is 4. The van der Waals surface area contributed by atoms with Gasteiger partial charge in [0, 0.05) is 41.1 Å². The third-order valence-corrected chi connectivity index (χ3v) is 10.2. The lowest BCUT2D eigenvalue weighted by molar-refractivity contribution is -0.303.